The average molecular weight is 278 g/mol. The molecular formula is C12H14N4O2S. The second-order valence-electron chi connectivity index (χ2n) is 4.15. The molecule has 0 bridgehead atoms. The molecule has 0 atom stereocenters. The van der Waals surface area contributed by atoms with E-state index in [2.05, 4.69) is 14.7 Å². The molecule has 1 aromatic carbocycles. The van der Waals surface area contributed by atoms with E-state index in [0.717, 1.165) is 11.1 Å². The van der Waals surface area contributed by atoms with E-state index in [1.165, 1.54) is 18.5 Å². The SMILES string of the molecule is Cc1cc(N)c(S(=O)(=O)Nc2ncccn2)cc1C. The normalized spacial score (nSPS) is 11.3. The van der Waals surface area contributed by atoms with Gasteiger partial charge in [0.05, 0.1) is 5.69 Å². The van der Waals surface area contributed by atoms with Crippen molar-refractivity contribution in [3.05, 3.63) is 41.7 Å². The molecule has 0 spiro atoms. The van der Waals surface area contributed by atoms with Crippen LogP contribution in [0.5, 0.6) is 0 Å². The summed E-state index contributed by atoms with van der Waals surface area (Å²) in [4.78, 5) is 7.66. The number of aromatic nitrogens is 2. The largest absolute Gasteiger partial charge is 0.398 e. The Morgan fingerprint density at radius 1 is 1.11 bits per heavy atom. The molecule has 0 fully saturated rings. The van der Waals surface area contributed by atoms with Gasteiger partial charge in [0.25, 0.3) is 10.0 Å². The number of nitrogens with one attached hydrogen (secondary N) is 1. The van der Waals surface area contributed by atoms with Gasteiger partial charge in [-0.25, -0.2) is 23.1 Å². The topological polar surface area (TPSA) is 98.0 Å². The summed E-state index contributed by atoms with van der Waals surface area (Å²) in [6, 6.07) is 4.77. The minimum atomic E-state index is -3.78. The van der Waals surface area contributed by atoms with Gasteiger partial charge in [-0.3, -0.25) is 0 Å². The molecule has 19 heavy (non-hydrogen) atoms. The van der Waals surface area contributed by atoms with Crippen LogP contribution >= 0.6 is 0 Å². The minimum absolute atomic E-state index is 0.0140. The summed E-state index contributed by atoms with van der Waals surface area (Å²) in [6.07, 6.45) is 2.91. The van der Waals surface area contributed by atoms with Crippen molar-refractivity contribution in [1.82, 2.24) is 9.97 Å². The molecule has 6 nitrogen and oxygen atoms in total. The lowest BCUT2D eigenvalue weighted by Gasteiger charge is -2.11. The third-order valence-corrected chi connectivity index (χ3v) is 4.09. The van der Waals surface area contributed by atoms with Crippen molar-refractivity contribution in [3.63, 3.8) is 0 Å². The van der Waals surface area contributed by atoms with Crippen molar-refractivity contribution in [2.75, 3.05) is 10.5 Å². The van der Waals surface area contributed by atoms with Gasteiger partial charge >= 0.3 is 0 Å². The van der Waals surface area contributed by atoms with Crippen LogP contribution in [0.3, 0.4) is 0 Å². The van der Waals surface area contributed by atoms with Crippen LogP contribution in [-0.2, 0) is 10.0 Å². The fourth-order valence-corrected chi connectivity index (χ4v) is 2.73. The quantitative estimate of drug-likeness (QED) is 0.829. The number of benzene rings is 1. The van der Waals surface area contributed by atoms with Gasteiger partial charge in [-0.05, 0) is 43.2 Å². The van der Waals surface area contributed by atoms with Crippen LogP contribution < -0.4 is 10.5 Å². The molecule has 0 saturated heterocycles. The highest BCUT2D eigenvalue weighted by Crippen LogP contribution is 2.23. The number of nitrogens with zero attached hydrogens (tertiary/aromatic N) is 2. The van der Waals surface area contributed by atoms with E-state index >= 15 is 0 Å². The maximum Gasteiger partial charge on any atom is 0.266 e. The summed E-state index contributed by atoms with van der Waals surface area (Å²) >= 11 is 0. The number of hydrogen-bond donors (Lipinski definition) is 2. The zero-order chi connectivity index (χ0) is 14.0. The van der Waals surface area contributed by atoms with E-state index in [-0.39, 0.29) is 16.5 Å². The Kier molecular flexibility index (Phi) is 3.39. The Balaban J connectivity index is 2.43. The van der Waals surface area contributed by atoms with Gasteiger partial charge in [0, 0.05) is 12.4 Å². The monoisotopic (exact) mass is 278 g/mol. The maximum atomic E-state index is 12.2. The number of nitrogen functional groups attached to an aromatic ring is 1. The Labute approximate surface area is 111 Å². The van der Waals surface area contributed by atoms with Crippen molar-refractivity contribution < 1.29 is 8.42 Å². The van der Waals surface area contributed by atoms with Gasteiger partial charge in [0.15, 0.2) is 0 Å². The first-order chi connectivity index (χ1) is 8.90. The lowest BCUT2D eigenvalue weighted by atomic mass is 10.1. The number of aryl methyl sites for hydroxylation is 2. The van der Waals surface area contributed by atoms with Crippen LogP contribution in [0, 0.1) is 13.8 Å². The van der Waals surface area contributed by atoms with Crippen molar-refractivity contribution in [2.24, 2.45) is 0 Å². The van der Waals surface area contributed by atoms with Gasteiger partial charge in [0.1, 0.15) is 4.90 Å². The molecule has 2 aromatic rings. The smallest absolute Gasteiger partial charge is 0.266 e. The van der Waals surface area contributed by atoms with Crippen LogP contribution in [0.1, 0.15) is 11.1 Å². The van der Waals surface area contributed by atoms with Crippen molar-refractivity contribution in [1.29, 1.82) is 0 Å². The summed E-state index contributed by atoms with van der Waals surface area (Å²) < 4.78 is 26.7. The van der Waals surface area contributed by atoms with Crippen molar-refractivity contribution in [2.45, 2.75) is 18.7 Å². The van der Waals surface area contributed by atoms with E-state index in [4.69, 9.17) is 5.73 Å². The second kappa shape index (κ2) is 4.85. The molecular weight excluding hydrogens is 264 g/mol. The fourth-order valence-electron chi connectivity index (χ4n) is 1.57. The summed E-state index contributed by atoms with van der Waals surface area (Å²) in [6.45, 7) is 3.70. The first-order valence-corrected chi connectivity index (χ1v) is 7.05. The van der Waals surface area contributed by atoms with Crippen LogP contribution in [0.15, 0.2) is 35.5 Å². The average Bonchev–Trinajstić information content (AvgIpc) is 2.34. The third-order valence-electron chi connectivity index (χ3n) is 2.71. The predicted octanol–water partition coefficient (Wildman–Crippen LogP) is 1.48. The molecule has 0 unspecified atom stereocenters. The zero-order valence-electron chi connectivity index (χ0n) is 10.6. The lowest BCUT2D eigenvalue weighted by molar-refractivity contribution is 0.601. The number of anilines is 2. The first-order valence-electron chi connectivity index (χ1n) is 5.57. The van der Waals surface area contributed by atoms with Crippen molar-refractivity contribution in [3.8, 4) is 0 Å². The molecule has 1 aromatic heterocycles. The van der Waals surface area contributed by atoms with Crippen LogP contribution in [0.2, 0.25) is 0 Å². The fraction of sp³-hybridized carbons (Fsp3) is 0.167. The van der Waals surface area contributed by atoms with Crippen molar-refractivity contribution >= 4 is 21.7 Å². The van der Waals surface area contributed by atoms with Gasteiger partial charge in [-0.15, -0.1) is 0 Å². The predicted molar refractivity (Wildman–Crippen MR) is 73.2 cm³/mol. The molecule has 0 amide bonds. The standard InChI is InChI=1S/C12H14N4O2S/c1-8-6-10(13)11(7-9(8)2)19(17,18)16-12-14-4-3-5-15-12/h3-7H,13H2,1-2H3,(H,14,15,16). The summed E-state index contributed by atoms with van der Waals surface area (Å²) in [5.41, 5.74) is 7.76. The Morgan fingerprint density at radius 2 is 1.68 bits per heavy atom. The van der Waals surface area contributed by atoms with E-state index < -0.39 is 10.0 Å². The summed E-state index contributed by atoms with van der Waals surface area (Å²) in [5.74, 6) is 0.0140. The molecule has 0 aliphatic carbocycles. The van der Waals surface area contributed by atoms with Gasteiger partial charge < -0.3 is 5.73 Å². The first kappa shape index (κ1) is 13.3. The molecule has 0 aliphatic heterocycles. The Hall–Kier alpha value is -2.15. The van der Waals surface area contributed by atoms with Crippen LogP contribution in [-0.4, -0.2) is 18.4 Å². The van der Waals surface area contributed by atoms with Gasteiger partial charge in [-0.1, -0.05) is 0 Å². The van der Waals surface area contributed by atoms with E-state index in [9.17, 15) is 8.42 Å². The van der Waals surface area contributed by atoms with Crippen LogP contribution in [0.4, 0.5) is 11.6 Å². The molecule has 1 heterocycles. The summed E-state index contributed by atoms with van der Waals surface area (Å²) in [7, 11) is -3.78. The Bertz CT molecular complexity index is 699. The molecule has 2 rings (SSSR count). The van der Waals surface area contributed by atoms with E-state index in [1.807, 2.05) is 13.8 Å². The second-order valence-corrected chi connectivity index (χ2v) is 5.80. The number of sulfonamides is 1. The molecule has 3 N–H and O–H groups in total. The third kappa shape index (κ3) is 2.82. The lowest BCUT2D eigenvalue weighted by Crippen LogP contribution is -2.16. The maximum absolute atomic E-state index is 12.2. The van der Waals surface area contributed by atoms with Gasteiger partial charge in [-0.2, -0.15) is 0 Å². The van der Waals surface area contributed by atoms with E-state index in [0.29, 0.717) is 0 Å². The minimum Gasteiger partial charge on any atom is -0.398 e. The van der Waals surface area contributed by atoms with E-state index in [1.54, 1.807) is 12.1 Å². The zero-order valence-corrected chi connectivity index (χ0v) is 11.4. The number of nitrogens with two attached hydrogens (primary N) is 1. The molecule has 0 radical (unpaired) electrons. The highest BCUT2D eigenvalue weighted by molar-refractivity contribution is 7.92. The molecule has 0 saturated carbocycles. The highest BCUT2D eigenvalue weighted by Gasteiger charge is 2.19. The molecule has 0 aliphatic rings. The van der Waals surface area contributed by atoms with Gasteiger partial charge in [0.2, 0.25) is 5.95 Å². The molecule has 100 valence electrons. The number of rotatable bonds is 3. The number of hydrogen-bond acceptors (Lipinski definition) is 5. The Morgan fingerprint density at radius 3 is 2.32 bits per heavy atom. The van der Waals surface area contributed by atoms with Crippen LogP contribution in [0.25, 0.3) is 0 Å². The molecule has 7 heteroatoms. The summed E-state index contributed by atoms with van der Waals surface area (Å²) in [5, 5.41) is 0. The highest BCUT2D eigenvalue weighted by atomic mass is 32.2.